The lowest BCUT2D eigenvalue weighted by Gasteiger charge is -2.32. The molecular weight excluding hydrogens is 250 g/mol. The van der Waals surface area contributed by atoms with Gasteiger partial charge in [0, 0.05) is 11.3 Å². The highest BCUT2D eigenvalue weighted by Crippen LogP contribution is 2.42. The van der Waals surface area contributed by atoms with Crippen molar-refractivity contribution in [1.82, 2.24) is 0 Å². The van der Waals surface area contributed by atoms with Gasteiger partial charge in [0.15, 0.2) is 0 Å². The van der Waals surface area contributed by atoms with Crippen LogP contribution >= 0.6 is 0 Å². The number of carbonyl (C=O) groups is 1. The number of para-hydroxylation sites is 1. The molecule has 1 aliphatic rings. The molecule has 0 unspecified atom stereocenters. The number of hydrogen-bond donors (Lipinski definition) is 0. The molecule has 0 aliphatic carbocycles. The van der Waals surface area contributed by atoms with Gasteiger partial charge in [-0.2, -0.15) is 0 Å². The number of amides is 1. The molecule has 3 nitrogen and oxygen atoms in total. The molecule has 0 saturated heterocycles. The number of nitrogens with zero attached hydrogens (tertiary/aromatic N) is 1. The van der Waals surface area contributed by atoms with Crippen LogP contribution in [0, 0.1) is 0 Å². The largest absolute Gasteiger partial charge is 0.497 e. The Kier molecular flexibility index (Phi) is 2.78. The van der Waals surface area contributed by atoms with Gasteiger partial charge >= 0.3 is 0 Å². The van der Waals surface area contributed by atoms with E-state index in [1.807, 2.05) is 53.4 Å². The van der Waals surface area contributed by atoms with Crippen LogP contribution < -0.4 is 9.64 Å². The highest BCUT2D eigenvalue weighted by atomic mass is 16.5. The fraction of sp³-hybridized carbons (Fsp3) is 0.235. The molecule has 20 heavy (non-hydrogen) atoms. The molecule has 0 aromatic heterocycles. The van der Waals surface area contributed by atoms with Crippen LogP contribution in [0.4, 0.5) is 5.69 Å². The zero-order chi connectivity index (χ0) is 14.3. The van der Waals surface area contributed by atoms with Crippen molar-refractivity contribution >= 4 is 11.6 Å². The third-order valence-electron chi connectivity index (χ3n) is 3.89. The number of anilines is 1. The van der Waals surface area contributed by atoms with Crippen LogP contribution in [-0.4, -0.2) is 13.0 Å². The number of rotatable bonds is 2. The first-order valence-electron chi connectivity index (χ1n) is 6.64. The second kappa shape index (κ2) is 4.37. The van der Waals surface area contributed by atoms with E-state index >= 15 is 0 Å². The lowest BCUT2D eigenvalue weighted by Crippen LogP contribution is -2.39. The Labute approximate surface area is 118 Å². The fourth-order valence-electron chi connectivity index (χ4n) is 2.85. The molecule has 0 radical (unpaired) electrons. The standard InChI is InChI=1S/C17H17NO2/c1-17(2)15-11-13(20-3)9-10-14(15)16(19)18(17)12-7-5-4-6-8-12/h4-11H,1-3H3. The Morgan fingerprint density at radius 3 is 2.40 bits per heavy atom. The molecule has 0 saturated carbocycles. The number of methoxy groups -OCH3 is 1. The van der Waals surface area contributed by atoms with Crippen molar-refractivity contribution < 1.29 is 9.53 Å². The normalized spacial score (nSPS) is 16.1. The predicted molar refractivity (Wildman–Crippen MR) is 79.3 cm³/mol. The number of fused-ring (bicyclic) bond motifs is 1. The molecule has 3 rings (SSSR count). The van der Waals surface area contributed by atoms with Crippen LogP contribution in [0.3, 0.4) is 0 Å². The molecule has 0 N–H and O–H groups in total. The molecule has 2 aromatic rings. The van der Waals surface area contributed by atoms with Gasteiger partial charge in [0.2, 0.25) is 0 Å². The summed E-state index contributed by atoms with van der Waals surface area (Å²) in [4.78, 5) is 14.5. The third kappa shape index (κ3) is 1.70. The van der Waals surface area contributed by atoms with Gasteiger partial charge in [0.1, 0.15) is 5.75 Å². The lowest BCUT2D eigenvalue weighted by molar-refractivity contribution is 0.0982. The monoisotopic (exact) mass is 267 g/mol. The predicted octanol–water partition coefficient (Wildman–Crippen LogP) is 3.59. The molecule has 3 heteroatoms. The van der Waals surface area contributed by atoms with Gasteiger partial charge in [-0.1, -0.05) is 18.2 Å². The summed E-state index contributed by atoms with van der Waals surface area (Å²) in [6, 6.07) is 15.4. The minimum absolute atomic E-state index is 0.0406. The zero-order valence-corrected chi connectivity index (χ0v) is 11.9. The molecule has 102 valence electrons. The second-order valence-electron chi connectivity index (χ2n) is 5.45. The van der Waals surface area contributed by atoms with Gasteiger partial charge < -0.3 is 4.74 Å². The minimum atomic E-state index is -0.387. The molecule has 0 atom stereocenters. The molecule has 0 spiro atoms. The Morgan fingerprint density at radius 1 is 1.05 bits per heavy atom. The second-order valence-corrected chi connectivity index (χ2v) is 5.45. The quantitative estimate of drug-likeness (QED) is 0.832. The van der Waals surface area contributed by atoms with Crippen molar-refractivity contribution in [3.05, 3.63) is 59.7 Å². The van der Waals surface area contributed by atoms with E-state index in [2.05, 4.69) is 13.8 Å². The van der Waals surface area contributed by atoms with Gasteiger partial charge in [0.25, 0.3) is 5.91 Å². The number of carbonyl (C=O) groups excluding carboxylic acids is 1. The van der Waals surface area contributed by atoms with Gasteiger partial charge in [-0.25, -0.2) is 0 Å². The topological polar surface area (TPSA) is 29.5 Å². The maximum absolute atomic E-state index is 12.7. The molecule has 0 bridgehead atoms. The lowest BCUT2D eigenvalue weighted by atomic mass is 9.93. The van der Waals surface area contributed by atoms with Crippen molar-refractivity contribution in [2.75, 3.05) is 12.0 Å². The Balaban J connectivity index is 2.16. The molecule has 1 heterocycles. The van der Waals surface area contributed by atoms with Crippen molar-refractivity contribution in [2.45, 2.75) is 19.4 Å². The Bertz CT molecular complexity index is 662. The van der Waals surface area contributed by atoms with Crippen molar-refractivity contribution in [3.8, 4) is 5.75 Å². The summed E-state index contributed by atoms with van der Waals surface area (Å²) in [7, 11) is 1.64. The zero-order valence-electron chi connectivity index (χ0n) is 11.9. The van der Waals surface area contributed by atoms with Crippen LogP contribution in [0.15, 0.2) is 48.5 Å². The summed E-state index contributed by atoms with van der Waals surface area (Å²) in [5.41, 5.74) is 2.28. The summed E-state index contributed by atoms with van der Waals surface area (Å²) in [5.74, 6) is 0.818. The van der Waals surface area contributed by atoms with E-state index in [1.54, 1.807) is 7.11 Å². The highest BCUT2D eigenvalue weighted by molar-refractivity contribution is 6.12. The van der Waals surface area contributed by atoms with Gasteiger partial charge in [0.05, 0.1) is 12.6 Å². The van der Waals surface area contributed by atoms with E-state index in [-0.39, 0.29) is 11.4 Å². The maximum atomic E-state index is 12.7. The van der Waals surface area contributed by atoms with E-state index in [1.165, 1.54) is 0 Å². The fourth-order valence-corrected chi connectivity index (χ4v) is 2.85. The summed E-state index contributed by atoms with van der Waals surface area (Å²) in [6.45, 7) is 4.12. The van der Waals surface area contributed by atoms with Crippen LogP contribution in [0.2, 0.25) is 0 Å². The SMILES string of the molecule is COc1ccc2c(c1)C(C)(C)N(c1ccccc1)C2=O. The van der Waals surface area contributed by atoms with Crippen molar-refractivity contribution in [3.63, 3.8) is 0 Å². The number of hydrogen-bond acceptors (Lipinski definition) is 2. The third-order valence-corrected chi connectivity index (χ3v) is 3.89. The average molecular weight is 267 g/mol. The van der Waals surface area contributed by atoms with Crippen LogP contribution in [-0.2, 0) is 5.54 Å². The maximum Gasteiger partial charge on any atom is 0.259 e. The first kappa shape index (κ1) is 12.7. The first-order chi connectivity index (χ1) is 9.55. The van der Waals surface area contributed by atoms with E-state index < -0.39 is 0 Å². The Hall–Kier alpha value is -2.29. The van der Waals surface area contributed by atoms with E-state index in [0.29, 0.717) is 0 Å². The van der Waals surface area contributed by atoms with E-state index in [9.17, 15) is 4.79 Å². The summed E-state index contributed by atoms with van der Waals surface area (Å²) >= 11 is 0. The summed E-state index contributed by atoms with van der Waals surface area (Å²) < 4.78 is 5.28. The molecular formula is C17H17NO2. The summed E-state index contributed by atoms with van der Waals surface area (Å²) in [6.07, 6.45) is 0. The van der Waals surface area contributed by atoms with Crippen LogP contribution in [0.25, 0.3) is 0 Å². The van der Waals surface area contributed by atoms with E-state index in [4.69, 9.17) is 4.74 Å². The smallest absolute Gasteiger partial charge is 0.259 e. The number of ether oxygens (including phenoxy) is 1. The van der Waals surface area contributed by atoms with Crippen LogP contribution in [0.5, 0.6) is 5.75 Å². The molecule has 0 fully saturated rings. The molecule has 1 amide bonds. The Morgan fingerprint density at radius 2 is 1.75 bits per heavy atom. The molecule has 2 aromatic carbocycles. The first-order valence-corrected chi connectivity index (χ1v) is 6.64. The van der Waals surface area contributed by atoms with Crippen molar-refractivity contribution in [2.24, 2.45) is 0 Å². The van der Waals surface area contributed by atoms with Crippen molar-refractivity contribution in [1.29, 1.82) is 0 Å². The average Bonchev–Trinajstić information content (AvgIpc) is 2.66. The van der Waals surface area contributed by atoms with Gasteiger partial charge in [-0.3, -0.25) is 9.69 Å². The summed E-state index contributed by atoms with van der Waals surface area (Å²) in [5, 5.41) is 0. The highest BCUT2D eigenvalue weighted by Gasteiger charge is 2.43. The van der Waals surface area contributed by atoms with Crippen LogP contribution in [0.1, 0.15) is 29.8 Å². The van der Waals surface area contributed by atoms with Gasteiger partial charge in [-0.15, -0.1) is 0 Å². The minimum Gasteiger partial charge on any atom is -0.497 e. The van der Waals surface area contributed by atoms with E-state index in [0.717, 1.165) is 22.6 Å². The molecule has 1 aliphatic heterocycles. The number of benzene rings is 2. The van der Waals surface area contributed by atoms with Gasteiger partial charge in [-0.05, 0) is 49.7 Å².